The normalized spacial score (nSPS) is 8.44. The molecule has 0 rings (SSSR count). The van der Waals surface area contributed by atoms with Crippen molar-refractivity contribution in [2.75, 3.05) is 6.54 Å². The van der Waals surface area contributed by atoms with Crippen molar-refractivity contribution >= 4 is 5.91 Å². The summed E-state index contributed by atoms with van der Waals surface area (Å²) in [7, 11) is 0. The maximum absolute atomic E-state index is 10.2. The van der Waals surface area contributed by atoms with Gasteiger partial charge in [-0.2, -0.15) is 0 Å². The van der Waals surface area contributed by atoms with Gasteiger partial charge in [0, 0.05) is 13.5 Å². The number of nitrogens with one attached hydrogen (secondary N) is 1. The van der Waals surface area contributed by atoms with E-state index in [1.54, 1.807) is 0 Å². The molecule has 0 fully saturated rings. The fourth-order valence-electron chi connectivity index (χ4n) is 0.348. The van der Waals surface area contributed by atoms with E-state index >= 15 is 0 Å². The van der Waals surface area contributed by atoms with E-state index in [1.165, 1.54) is 6.92 Å². The Morgan fingerprint density at radius 2 is 2.00 bits per heavy atom. The summed E-state index contributed by atoms with van der Waals surface area (Å²) in [5.74, 6) is 0.609. The van der Waals surface area contributed by atoms with Crippen LogP contribution in [0.4, 0.5) is 0 Å². The lowest BCUT2D eigenvalue weighted by atomic mass is 10.2. The number of hydrogen-bond acceptors (Lipinski definition) is 1. The van der Waals surface area contributed by atoms with Gasteiger partial charge in [0.05, 0.1) is 0 Å². The van der Waals surface area contributed by atoms with E-state index < -0.39 is 0 Å². The highest BCUT2D eigenvalue weighted by Gasteiger charge is 1.92. The van der Waals surface area contributed by atoms with Crippen molar-refractivity contribution in [1.29, 1.82) is 0 Å². The van der Waals surface area contributed by atoms with Crippen molar-refractivity contribution in [2.24, 2.45) is 5.92 Å². The molecule has 0 saturated heterocycles. The summed E-state index contributed by atoms with van der Waals surface area (Å²) in [4.78, 5) is 10.2. The Morgan fingerprint density at radius 3 is 2.11 bits per heavy atom. The second-order valence-corrected chi connectivity index (χ2v) is 2.33. The summed E-state index contributed by atoms with van der Waals surface area (Å²) < 4.78 is 0. The van der Waals surface area contributed by atoms with Gasteiger partial charge in [-0.3, -0.25) is 4.79 Å². The zero-order chi connectivity index (χ0) is 6.57. The van der Waals surface area contributed by atoms with Crippen LogP contribution in [0.15, 0.2) is 0 Å². The van der Waals surface area contributed by atoms with Crippen molar-refractivity contribution in [2.45, 2.75) is 28.2 Å². The molecule has 0 aromatic carbocycles. The molecule has 9 heavy (non-hydrogen) atoms. The van der Waals surface area contributed by atoms with Gasteiger partial charge < -0.3 is 5.32 Å². The molecule has 0 aromatic rings. The first-order valence-corrected chi connectivity index (χ1v) is 2.87. The Morgan fingerprint density at radius 1 is 1.56 bits per heavy atom. The van der Waals surface area contributed by atoms with Crippen LogP contribution in [0.2, 0.25) is 0 Å². The van der Waals surface area contributed by atoms with Crippen LogP contribution in [-0.2, 0) is 4.79 Å². The lowest BCUT2D eigenvalue weighted by molar-refractivity contribution is -0.119. The minimum absolute atomic E-state index is 0. The predicted molar refractivity (Wildman–Crippen MR) is 40.3 cm³/mol. The summed E-state index contributed by atoms with van der Waals surface area (Å²) >= 11 is 0. The minimum Gasteiger partial charge on any atom is -0.356 e. The van der Waals surface area contributed by atoms with Crippen LogP contribution in [0.3, 0.4) is 0 Å². The fourth-order valence-corrected chi connectivity index (χ4v) is 0.348. The highest BCUT2D eigenvalue weighted by Crippen LogP contribution is 1.85. The number of hydrogen-bond donors (Lipinski definition) is 1. The Labute approximate surface area is 57.6 Å². The van der Waals surface area contributed by atoms with Gasteiger partial charge in [0.1, 0.15) is 0 Å². The van der Waals surface area contributed by atoms with E-state index in [1.807, 2.05) is 0 Å². The molecule has 1 amide bonds. The molecule has 1 N–H and O–H groups in total. The van der Waals surface area contributed by atoms with Gasteiger partial charge >= 0.3 is 0 Å². The summed E-state index contributed by atoms with van der Waals surface area (Å²) in [6, 6.07) is 0. The zero-order valence-corrected chi connectivity index (χ0v) is 5.69. The van der Waals surface area contributed by atoms with Crippen LogP contribution in [0.1, 0.15) is 28.2 Å². The standard InChI is InChI=1S/C6H13NO.CH4/c1-5(2)4-7-6(3)8;/h5H,4H2,1-3H3,(H,7,8);1H4. The van der Waals surface area contributed by atoms with Gasteiger partial charge in [0.2, 0.25) is 5.91 Å². The first kappa shape index (κ1) is 11.3. The summed E-state index contributed by atoms with van der Waals surface area (Å²) in [6.45, 7) is 6.45. The van der Waals surface area contributed by atoms with Crippen LogP contribution in [0, 0.1) is 5.92 Å². The molecule has 0 bridgehead atoms. The van der Waals surface area contributed by atoms with Crippen LogP contribution in [-0.4, -0.2) is 12.5 Å². The molecule has 0 aliphatic heterocycles. The first-order chi connectivity index (χ1) is 3.63. The molecule has 0 saturated carbocycles. The fraction of sp³-hybridized carbons (Fsp3) is 0.857. The molecule has 0 unspecified atom stereocenters. The Hall–Kier alpha value is -0.530. The monoisotopic (exact) mass is 131 g/mol. The molecular weight excluding hydrogens is 114 g/mol. The molecule has 0 aliphatic carbocycles. The SMILES string of the molecule is C.CC(=O)NCC(C)C. The van der Waals surface area contributed by atoms with Crippen LogP contribution >= 0.6 is 0 Å². The number of carbonyl (C=O) groups excluding carboxylic acids is 1. The molecule has 0 atom stereocenters. The van der Waals surface area contributed by atoms with Gasteiger partial charge in [-0.15, -0.1) is 0 Å². The third-order valence-corrected chi connectivity index (χ3v) is 0.759. The van der Waals surface area contributed by atoms with Crippen molar-refractivity contribution in [3.05, 3.63) is 0 Å². The average Bonchev–Trinajstić information content (AvgIpc) is 1.61. The molecular formula is C7H17NO. The van der Waals surface area contributed by atoms with E-state index in [9.17, 15) is 4.79 Å². The second kappa shape index (κ2) is 5.60. The van der Waals surface area contributed by atoms with E-state index in [-0.39, 0.29) is 13.3 Å². The summed E-state index contributed by atoms with van der Waals surface area (Å²) in [5.41, 5.74) is 0. The molecule has 0 aromatic heterocycles. The maximum atomic E-state index is 10.2. The molecule has 0 heterocycles. The zero-order valence-electron chi connectivity index (χ0n) is 5.69. The van der Waals surface area contributed by atoms with Crippen LogP contribution < -0.4 is 5.32 Å². The Bertz CT molecular complexity index is 79.0. The third-order valence-electron chi connectivity index (χ3n) is 0.759. The van der Waals surface area contributed by atoms with Crippen molar-refractivity contribution in [1.82, 2.24) is 5.32 Å². The lowest BCUT2D eigenvalue weighted by Gasteiger charge is -2.02. The van der Waals surface area contributed by atoms with E-state index in [4.69, 9.17) is 0 Å². The topological polar surface area (TPSA) is 29.1 Å². The lowest BCUT2D eigenvalue weighted by Crippen LogP contribution is -2.24. The smallest absolute Gasteiger partial charge is 0.216 e. The van der Waals surface area contributed by atoms with Gasteiger partial charge in [-0.05, 0) is 5.92 Å². The third kappa shape index (κ3) is 11.2. The average molecular weight is 131 g/mol. The van der Waals surface area contributed by atoms with Crippen molar-refractivity contribution in [3.63, 3.8) is 0 Å². The number of amides is 1. The highest BCUT2D eigenvalue weighted by atomic mass is 16.1. The summed E-state index contributed by atoms with van der Waals surface area (Å²) in [6.07, 6.45) is 0. The van der Waals surface area contributed by atoms with Gasteiger partial charge in [0.25, 0.3) is 0 Å². The number of rotatable bonds is 2. The minimum atomic E-state index is 0. The first-order valence-electron chi connectivity index (χ1n) is 2.87. The maximum Gasteiger partial charge on any atom is 0.216 e. The largest absolute Gasteiger partial charge is 0.356 e. The Kier molecular flexibility index (Phi) is 7.03. The summed E-state index contributed by atoms with van der Waals surface area (Å²) in [5, 5.41) is 2.71. The highest BCUT2D eigenvalue weighted by molar-refractivity contribution is 5.72. The van der Waals surface area contributed by atoms with Crippen LogP contribution in [0.25, 0.3) is 0 Å². The quantitative estimate of drug-likeness (QED) is 0.603. The van der Waals surface area contributed by atoms with E-state index in [0.717, 1.165) is 6.54 Å². The molecule has 0 spiro atoms. The predicted octanol–water partition coefficient (Wildman–Crippen LogP) is 1.41. The second-order valence-electron chi connectivity index (χ2n) is 2.33. The van der Waals surface area contributed by atoms with Gasteiger partial charge in [-0.25, -0.2) is 0 Å². The van der Waals surface area contributed by atoms with E-state index in [2.05, 4.69) is 19.2 Å². The molecule has 2 nitrogen and oxygen atoms in total. The van der Waals surface area contributed by atoms with Gasteiger partial charge in [0.15, 0.2) is 0 Å². The molecule has 2 heteroatoms. The Balaban J connectivity index is 0. The van der Waals surface area contributed by atoms with Crippen molar-refractivity contribution < 1.29 is 4.79 Å². The molecule has 0 aliphatic rings. The molecule has 56 valence electrons. The van der Waals surface area contributed by atoms with Crippen molar-refractivity contribution in [3.8, 4) is 0 Å². The molecule has 0 radical (unpaired) electrons. The van der Waals surface area contributed by atoms with E-state index in [0.29, 0.717) is 5.92 Å². The van der Waals surface area contributed by atoms with Crippen LogP contribution in [0.5, 0.6) is 0 Å². The van der Waals surface area contributed by atoms with Gasteiger partial charge in [-0.1, -0.05) is 21.3 Å². The number of carbonyl (C=O) groups is 1.